The van der Waals surface area contributed by atoms with Crippen LogP contribution in [0.3, 0.4) is 0 Å². The molecule has 1 aromatic heterocycles. The molecule has 0 radical (unpaired) electrons. The zero-order chi connectivity index (χ0) is 25.5. The highest BCUT2D eigenvalue weighted by Crippen LogP contribution is 2.27. The third kappa shape index (κ3) is 6.50. The van der Waals surface area contributed by atoms with E-state index in [1.54, 1.807) is 11.9 Å². The molecular formula is C26H37N5O5. The highest BCUT2D eigenvalue weighted by atomic mass is 16.5. The summed E-state index contributed by atoms with van der Waals surface area (Å²) in [6.07, 6.45) is 1.87. The molecule has 1 aromatic carbocycles. The number of hydrogen-bond donors (Lipinski definition) is 3. The lowest BCUT2D eigenvalue weighted by molar-refractivity contribution is 0.0358. The molecule has 1 amide bonds. The van der Waals surface area contributed by atoms with E-state index in [2.05, 4.69) is 10.6 Å². The summed E-state index contributed by atoms with van der Waals surface area (Å²) in [5, 5.41) is 16.4. The molecule has 2 atom stereocenters. The molecule has 3 heterocycles. The molecule has 3 N–H and O–H groups in total. The van der Waals surface area contributed by atoms with E-state index in [4.69, 9.17) is 24.2 Å². The van der Waals surface area contributed by atoms with Crippen LogP contribution in [0.1, 0.15) is 35.3 Å². The van der Waals surface area contributed by atoms with Crippen molar-refractivity contribution in [1.82, 2.24) is 20.2 Å². The molecule has 36 heavy (non-hydrogen) atoms. The summed E-state index contributed by atoms with van der Waals surface area (Å²) in [4.78, 5) is 25.0. The van der Waals surface area contributed by atoms with Crippen molar-refractivity contribution >= 4 is 11.7 Å². The Morgan fingerprint density at radius 3 is 2.72 bits per heavy atom. The van der Waals surface area contributed by atoms with Crippen LogP contribution in [0.4, 0.5) is 5.82 Å². The maximum Gasteiger partial charge on any atom is 0.272 e. The SMILES string of the molecule is CNCC(O)COc1cccc(-c2nc(NC3CCOC3)c(C)c(C(=O)N(C)C3CCOCC3)n2)c1. The molecule has 2 aliphatic heterocycles. The Labute approximate surface area is 212 Å². The molecule has 2 aromatic rings. The van der Waals surface area contributed by atoms with E-state index >= 15 is 0 Å². The number of rotatable bonds is 10. The van der Waals surface area contributed by atoms with Crippen molar-refractivity contribution in [3.05, 3.63) is 35.5 Å². The van der Waals surface area contributed by atoms with Crippen molar-refractivity contribution in [1.29, 1.82) is 0 Å². The number of aliphatic hydroxyl groups is 1. The van der Waals surface area contributed by atoms with Gasteiger partial charge in [0.1, 0.15) is 30.0 Å². The van der Waals surface area contributed by atoms with Crippen LogP contribution < -0.4 is 15.4 Å². The van der Waals surface area contributed by atoms with E-state index in [0.29, 0.717) is 56.1 Å². The summed E-state index contributed by atoms with van der Waals surface area (Å²) < 4.78 is 16.8. The Hall–Kier alpha value is -2.79. The van der Waals surface area contributed by atoms with E-state index in [9.17, 15) is 9.90 Å². The van der Waals surface area contributed by atoms with E-state index in [0.717, 1.165) is 30.4 Å². The third-order valence-corrected chi connectivity index (χ3v) is 6.65. The lowest BCUT2D eigenvalue weighted by atomic mass is 10.1. The summed E-state index contributed by atoms with van der Waals surface area (Å²) in [6, 6.07) is 7.64. The van der Waals surface area contributed by atoms with Crippen LogP contribution >= 0.6 is 0 Å². The van der Waals surface area contributed by atoms with Gasteiger partial charge in [0, 0.05) is 50.6 Å². The van der Waals surface area contributed by atoms with Gasteiger partial charge in [0.05, 0.1) is 12.6 Å². The van der Waals surface area contributed by atoms with Crippen molar-refractivity contribution in [2.75, 3.05) is 59.0 Å². The molecular weight excluding hydrogens is 462 g/mol. The van der Waals surface area contributed by atoms with Crippen LogP contribution in [-0.2, 0) is 9.47 Å². The molecule has 10 heteroatoms. The number of ether oxygens (including phenoxy) is 3. The van der Waals surface area contributed by atoms with E-state index in [-0.39, 0.29) is 24.6 Å². The Kier molecular flexibility index (Phi) is 9.08. The van der Waals surface area contributed by atoms with Gasteiger partial charge in [-0.15, -0.1) is 0 Å². The number of likely N-dealkylation sites (N-methyl/N-ethyl adjacent to an activating group) is 1. The monoisotopic (exact) mass is 499 g/mol. The number of nitrogens with one attached hydrogen (secondary N) is 2. The summed E-state index contributed by atoms with van der Waals surface area (Å²) in [5.41, 5.74) is 1.83. The van der Waals surface area contributed by atoms with Gasteiger partial charge in [0.2, 0.25) is 0 Å². The van der Waals surface area contributed by atoms with Crippen LogP contribution in [0, 0.1) is 6.92 Å². The summed E-state index contributed by atoms with van der Waals surface area (Å²) in [5.74, 6) is 1.54. The maximum absolute atomic E-state index is 13.6. The standard InChI is InChI=1S/C26H37N5O5/c1-17-23(26(33)31(3)20-8-11-34-12-9-20)29-25(30-24(17)28-19-7-10-35-15-19)18-5-4-6-22(13-18)36-16-21(32)14-27-2/h4-6,13,19-21,27,32H,7-12,14-16H2,1-3H3,(H,28,29,30). The van der Waals surface area contributed by atoms with E-state index in [1.165, 1.54) is 0 Å². The van der Waals surface area contributed by atoms with Crippen LogP contribution in [-0.4, -0.2) is 97.7 Å². The number of carbonyl (C=O) groups excluding carboxylic acids is 1. The number of nitrogens with zero attached hydrogens (tertiary/aromatic N) is 3. The molecule has 2 aliphatic rings. The fourth-order valence-electron chi connectivity index (χ4n) is 4.45. The minimum atomic E-state index is -0.622. The van der Waals surface area contributed by atoms with Gasteiger partial charge >= 0.3 is 0 Å². The molecule has 0 aliphatic carbocycles. The number of benzene rings is 1. The van der Waals surface area contributed by atoms with Crippen LogP contribution in [0.5, 0.6) is 5.75 Å². The maximum atomic E-state index is 13.6. The highest BCUT2D eigenvalue weighted by Gasteiger charge is 2.28. The zero-order valence-electron chi connectivity index (χ0n) is 21.3. The van der Waals surface area contributed by atoms with E-state index < -0.39 is 6.10 Å². The number of carbonyl (C=O) groups is 1. The van der Waals surface area contributed by atoms with Gasteiger partial charge in [0.15, 0.2) is 5.82 Å². The molecule has 4 rings (SSSR count). The topological polar surface area (TPSA) is 118 Å². The Morgan fingerprint density at radius 1 is 1.22 bits per heavy atom. The highest BCUT2D eigenvalue weighted by molar-refractivity contribution is 5.95. The quantitative estimate of drug-likeness (QED) is 0.450. The molecule has 2 saturated heterocycles. The Morgan fingerprint density at radius 2 is 2.00 bits per heavy atom. The van der Waals surface area contributed by atoms with Crippen LogP contribution in [0.2, 0.25) is 0 Å². The van der Waals surface area contributed by atoms with Gasteiger partial charge in [-0.3, -0.25) is 4.79 Å². The van der Waals surface area contributed by atoms with E-state index in [1.807, 2.05) is 38.2 Å². The smallest absolute Gasteiger partial charge is 0.272 e. The number of amides is 1. The lowest BCUT2D eigenvalue weighted by Crippen LogP contribution is -2.41. The van der Waals surface area contributed by atoms with Crippen molar-refractivity contribution in [3.63, 3.8) is 0 Å². The fraction of sp³-hybridized carbons (Fsp3) is 0.577. The zero-order valence-corrected chi connectivity index (χ0v) is 21.3. The number of aromatic nitrogens is 2. The first-order valence-electron chi connectivity index (χ1n) is 12.6. The van der Waals surface area contributed by atoms with Gasteiger partial charge in [-0.2, -0.15) is 0 Å². The third-order valence-electron chi connectivity index (χ3n) is 6.65. The fourth-order valence-corrected chi connectivity index (χ4v) is 4.45. The minimum Gasteiger partial charge on any atom is -0.491 e. The first-order valence-corrected chi connectivity index (χ1v) is 12.6. The van der Waals surface area contributed by atoms with Crippen molar-refractivity contribution in [3.8, 4) is 17.1 Å². The van der Waals surface area contributed by atoms with Crippen molar-refractivity contribution < 1.29 is 24.1 Å². The van der Waals surface area contributed by atoms with Crippen molar-refractivity contribution in [2.24, 2.45) is 0 Å². The molecule has 2 unspecified atom stereocenters. The van der Waals surface area contributed by atoms with Crippen LogP contribution in [0.15, 0.2) is 24.3 Å². The Balaban J connectivity index is 1.64. The predicted octanol–water partition coefficient (Wildman–Crippen LogP) is 1.86. The number of aliphatic hydroxyl groups excluding tert-OH is 1. The molecule has 0 spiro atoms. The second-order valence-corrected chi connectivity index (χ2v) is 9.38. The average molecular weight is 500 g/mol. The first kappa shape index (κ1) is 26.3. The minimum absolute atomic E-state index is 0.115. The molecule has 10 nitrogen and oxygen atoms in total. The Bertz CT molecular complexity index is 1020. The predicted molar refractivity (Wildman–Crippen MR) is 136 cm³/mol. The summed E-state index contributed by atoms with van der Waals surface area (Å²) in [7, 11) is 3.61. The second kappa shape index (κ2) is 12.4. The van der Waals surface area contributed by atoms with Gasteiger partial charge in [-0.1, -0.05) is 12.1 Å². The number of hydrogen-bond acceptors (Lipinski definition) is 9. The molecule has 0 bridgehead atoms. The second-order valence-electron chi connectivity index (χ2n) is 9.38. The average Bonchev–Trinajstić information content (AvgIpc) is 3.42. The summed E-state index contributed by atoms with van der Waals surface area (Å²) >= 11 is 0. The normalized spacial score (nSPS) is 19.2. The number of anilines is 1. The van der Waals surface area contributed by atoms with Gasteiger partial charge in [-0.05, 0) is 45.4 Å². The molecule has 0 saturated carbocycles. The largest absolute Gasteiger partial charge is 0.491 e. The van der Waals surface area contributed by atoms with Gasteiger partial charge in [-0.25, -0.2) is 9.97 Å². The van der Waals surface area contributed by atoms with Crippen LogP contribution in [0.25, 0.3) is 11.4 Å². The molecule has 196 valence electrons. The van der Waals surface area contributed by atoms with Gasteiger partial charge < -0.3 is 34.9 Å². The first-order chi connectivity index (χ1) is 17.5. The van der Waals surface area contributed by atoms with Crippen molar-refractivity contribution in [2.45, 2.75) is 44.4 Å². The van der Waals surface area contributed by atoms with Gasteiger partial charge in [0.25, 0.3) is 5.91 Å². The summed E-state index contributed by atoms with van der Waals surface area (Å²) in [6.45, 7) is 5.09. The lowest BCUT2D eigenvalue weighted by Gasteiger charge is -2.31. The molecule has 2 fully saturated rings.